The first kappa shape index (κ1) is 11.3. The number of carbonyl (C=O) groups is 1. The number of aromatic nitrogens is 4. The van der Waals surface area contributed by atoms with Crippen molar-refractivity contribution < 1.29 is 4.79 Å². The van der Waals surface area contributed by atoms with Crippen LogP contribution in [0.25, 0.3) is 16.7 Å². The van der Waals surface area contributed by atoms with Crippen LogP contribution in [-0.2, 0) is 0 Å². The maximum Gasteiger partial charge on any atom is 0.269 e. The molecule has 2 heterocycles. The van der Waals surface area contributed by atoms with Gasteiger partial charge in [-0.1, -0.05) is 18.2 Å². The molecule has 0 aliphatic carbocycles. The van der Waals surface area contributed by atoms with Gasteiger partial charge in [-0.2, -0.15) is 5.10 Å². The lowest BCUT2D eigenvalue weighted by atomic mass is 10.2. The number of aryl methyl sites for hydroxylation is 1. The number of carbonyl (C=O) groups excluding carboxylic acids is 1. The molecule has 0 saturated carbocycles. The van der Waals surface area contributed by atoms with Crippen molar-refractivity contribution in [1.82, 2.24) is 19.7 Å². The molecule has 0 aliphatic rings. The molecule has 0 bridgehead atoms. The van der Waals surface area contributed by atoms with E-state index in [2.05, 4.69) is 15.1 Å². The zero-order valence-electron chi connectivity index (χ0n) is 10.2. The van der Waals surface area contributed by atoms with E-state index >= 15 is 0 Å². The number of nitrogens with zero attached hydrogens (tertiary/aromatic N) is 4. The number of hydrogen-bond donors (Lipinski definition) is 1. The summed E-state index contributed by atoms with van der Waals surface area (Å²) in [7, 11) is 0. The molecule has 6 nitrogen and oxygen atoms in total. The van der Waals surface area contributed by atoms with Crippen LogP contribution >= 0.6 is 0 Å². The molecule has 94 valence electrons. The summed E-state index contributed by atoms with van der Waals surface area (Å²) in [5.74, 6) is 0.0527. The third-order valence-electron chi connectivity index (χ3n) is 2.83. The highest BCUT2D eigenvalue weighted by Crippen LogP contribution is 2.20. The standard InChI is InChI=1S/C13H11N5O/c1-8-6-11(16-7-15-8)18-10-5-3-2-4-9(10)12(17-18)13(14)19/h2-7H,1H3,(H2,14,19). The molecule has 3 aromatic rings. The highest BCUT2D eigenvalue weighted by molar-refractivity contribution is 6.04. The van der Waals surface area contributed by atoms with Crippen molar-refractivity contribution in [1.29, 1.82) is 0 Å². The van der Waals surface area contributed by atoms with Crippen LogP contribution in [0.3, 0.4) is 0 Å². The van der Waals surface area contributed by atoms with Gasteiger partial charge in [0.2, 0.25) is 0 Å². The molecule has 0 spiro atoms. The second-order valence-corrected chi connectivity index (χ2v) is 4.16. The molecule has 0 unspecified atom stereocenters. The molecule has 1 aromatic carbocycles. The minimum absolute atomic E-state index is 0.242. The number of primary amides is 1. The van der Waals surface area contributed by atoms with E-state index in [1.165, 1.54) is 6.33 Å². The van der Waals surface area contributed by atoms with E-state index < -0.39 is 5.91 Å². The van der Waals surface area contributed by atoms with Crippen LogP contribution in [0, 0.1) is 6.92 Å². The van der Waals surface area contributed by atoms with E-state index in [9.17, 15) is 4.79 Å². The fourth-order valence-corrected chi connectivity index (χ4v) is 1.98. The predicted molar refractivity (Wildman–Crippen MR) is 69.9 cm³/mol. The van der Waals surface area contributed by atoms with Gasteiger partial charge < -0.3 is 5.73 Å². The first-order valence-electron chi connectivity index (χ1n) is 5.73. The Balaban J connectivity index is 2.33. The SMILES string of the molecule is Cc1cc(-n2nc(C(N)=O)c3ccccc32)ncn1. The van der Waals surface area contributed by atoms with Crippen molar-refractivity contribution in [3.63, 3.8) is 0 Å². The Morgan fingerprint density at radius 3 is 2.79 bits per heavy atom. The molecule has 0 radical (unpaired) electrons. The average Bonchev–Trinajstić information content (AvgIpc) is 2.78. The number of hydrogen-bond acceptors (Lipinski definition) is 4. The Kier molecular flexibility index (Phi) is 2.49. The molecule has 2 aromatic heterocycles. The van der Waals surface area contributed by atoms with Gasteiger partial charge in [0.05, 0.1) is 5.52 Å². The lowest BCUT2D eigenvalue weighted by molar-refractivity contribution is 0.0996. The summed E-state index contributed by atoms with van der Waals surface area (Å²) in [6.45, 7) is 1.87. The molecule has 2 N–H and O–H groups in total. The number of amides is 1. The van der Waals surface area contributed by atoms with Crippen LogP contribution in [0.1, 0.15) is 16.2 Å². The minimum atomic E-state index is -0.555. The first-order valence-corrected chi connectivity index (χ1v) is 5.73. The van der Waals surface area contributed by atoms with Gasteiger partial charge in [0, 0.05) is 17.1 Å². The van der Waals surface area contributed by atoms with Crippen LogP contribution < -0.4 is 5.73 Å². The molecule has 0 atom stereocenters. The molecule has 0 saturated heterocycles. The second-order valence-electron chi connectivity index (χ2n) is 4.16. The zero-order valence-corrected chi connectivity index (χ0v) is 10.2. The summed E-state index contributed by atoms with van der Waals surface area (Å²) in [6.07, 6.45) is 1.46. The van der Waals surface area contributed by atoms with Crippen molar-refractivity contribution in [2.45, 2.75) is 6.92 Å². The van der Waals surface area contributed by atoms with Gasteiger partial charge in [-0.05, 0) is 13.0 Å². The molecule has 6 heteroatoms. The normalized spacial score (nSPS) is 10.8. The summed E-state index contributed by atoms with van der Waals surface area (Å²) >= 11 is 0. The van der Waals surface area contributed by atoms with Gasteiger partial charge in [0.25, 0.3) is 5.91 Å². The largest absolute Gasteiger partial charge is 0.364 e. The Hall–Kier alpha value is -2.76. The van der Waals surface area contributed by atoms with Crippen LogP contribution in [0.15, 0.2) is 36.7 Å². The smallest absolute Gasteiger partial charge is 0.269 e. The lowest BCUT2D eigenvalue weighted by Gasteiger charge is -2.02. The highest BCUT2D eigenvalue weighted by Gasteiger charge is 2.15. The van der Waals surface area contributed by atoms with Gasteiger partial charge in [0.1, 0.15) is 6.33 Å². The second kappa shape index (κ2) is 4.16. The van der Waals surface area contributed by atoms with Gasteiger partial charge in [-0.15, -0.1) is 0 Å². The van der Waals surface area contributed by atoms with E-state index in [4.69, 9.17) is 5.73 Å². The first-order chi connectivity index (χ1) is 9.16. The third-order valence-corrected chi connectivity index (χ3v) is 2.83. The van der Waals surface area contributed by atoms with Crippen molar-refractivity contribution in [3.05, 3.63) is 48.0 Å². The zero-order chi connectivity index (χ0) is 13.4. The van der Waals surface area contributed by atoms with Crippen molar-refractivity contribution >= 4 is 16.8 Å². The summed E-state index contributed by atoms with van der Waals surface area (Å²) in [6, 6.07) is 9.19. The van der Waals surface area contributed by atoms with E-state index in [0.29, 0.717) is 11.2 Å². The maximum atomic E-state index is 11.4. The molecule has 3 rings (SSSR count). The van der Waals surface area contributed by atoms with Crippen molar-refractivity contribution in [3.8, 4) is 5.82 Å². The average molecular weight is 253 g/mol. The Labute approximate surface area is 108 Å². The lowest BCUT2D eigenvalue weighted by Crippen LogP contribution is -2.12. The molecular formula is C13H11N5O. The molecule has 19 heavy (non-hydrogen) atoms. The number of para-hydroxylation sites is 1. The van der Waals surface area contributed by atoms with Crippen LogP contribution in [0.2, 0.25) is 0 Å². The van der Waals surface area contributed by atoms with E-state index in [1.807, 2.05) is 31.2 Å². The van der Waals surface area contributed by atoms with Gasteiger partial charge >= 0.3 is 0 Å². The van der Waals surface area contributed by atoms with Crippen molar-refractivity contribution in [2.75, 3.05) is 0 Å². The quantitative estimate of drug-likeness (QED) is 0.744. The Morgan fingerprint density at radius 2 is 2.05 bits per heavy atom. The summed E-state index contributed by atoms with van der Waals surface area (Å²) in [5.41, 5.74) is 7.21. The summed E-state index contributed by atoms with van der Waals surface area (Å²) in [5, 5.41) is 4.97. The number of benzene rings is 1. The minimum Gasteiger partial charge on any atom is -0.364 e. The van der Waals surface area contributed by atoms with Gasteiger partial charge in [0.15, 0.2) is 11.5 Å². The molecule has 1 amide bonds. The highest BCUT2D eigenvalue weighted by atomic mass is 16.1. The third kappa shape index (κ3) is 1.83. The monoisotopic (exact) mass is 253 g/mol. The number of nitrogens with two attached hydrogens (primary N) is 1. The predicted octanol–water partition coefficient (Wildman–Crippen LogP) is 1.22. The fraction of sp³-hybridized carbons (Fsp3) is 0.0769. The topological polar surface area (TPSA) is 86.7 Å². The molecular weight excluding hydrogens is 242 g/mol. The molecule has 0 aliphatic heterocycles. The number of rotatable bonds is 2. The maximum absolute atomic E-state index is 11.4. The Bertz CT molecular complexity index is 778. The molecule has 0 fully saturated rings. The van der Waals surface area contributed by atoms with E-state index in [0.717, 1.165) is 11.2 Å². The van der Waals surface area contributed by atoms with Gasteiger partial charge in [-0.25, -0.2) is 14.6 Å². The van der Waals surface area contributed by atoms with Crippen LogP contribution in [0.4, 0.5) is 0 Å². The van der Waals surface area contributed by atoms with Gasteiger partial charge in [-0.3, -0.25) is 4.79 Å². The summed E-state index contributed by atoms with van der Waals surface area (Å²) in [4.78, 5) is 19.7. The van der Waals surface area contributed by atoms with E-state index in [1.54, 1.807) is 10.7 Å². The fourth-order valence-electron chi connectivity index (χ4n) is 1.98. The van der Waals surface area contributed by atoms with Crippen LogP contribution in [0.5, 0.6) is 0 Å². The van der Waals surface area contributed by atoms with E-state index in [-0.39, 0.29) is 5.69 Å². The summed E-state index contributed by atoms with van der Waals surface area (Å²) < 4.78 is 1.60. The Morgan fingerprint density at radius 1 is 1.26 bits per heavy atom. The van der Waals surface area contributed by atoms with Crippen molar-refractivity contribution in [2.24, 2.45) is 5.73 Å². The number of fused-ring (bicyclic) bond motifs is 1. The van der Waals surface area contributed by atoms with Crippen LogP contribution in [-0.4, -0.2) is 25.7 Å².